The van der Waals surface area contributed by atoms with Gasteiger partial charge in [-0.05, 0) is 48.6 Å². The molecule has 0 radical (unpaired) electrons. The first-order chi connectivity index (χ1) is 15.4. The van der Waals surface area contributed by atoms with Gasteiger partial charge in [0.25, 0.3) is 11.8 Å². The second kappa shape index (κ2) is 9.41. The van der Waals surface area contributed by atoms with Crippen LogP contribution in [0, 0.1) is 11.8 Å². The second-order valence-corrected chi connectivity index (χ2v) is 9.83. The predicted molar refractivity (Wildman–Crippen MR) is 130 cm³/mol. The zero-order valence-corrected chi connectivity index (χ0v) is 19.9. The number of likely N-dealkylation sites (N-methyl/N-ethyl adjacent to an activating group) is 1. The van der Waals surface area contributed by atoms with Gasteiger partial charge >= 0.3 is 0 Å². The normalized spacial score (nSPS) is 24.2. The predicted octanol–water partition coefficient (Wildman–Crippen LogP) is 5.36. The smallest absolute Gasteiger partial charge is 0.264 e. The van der Waals surface area contributed by atoms with Crippen molar-refractivity contribution in [2.24, 2.45) is 11.8 Å². The zero-order valence-electron chi connectivity index (χ0n) is 19.1. The van der Waals surface area contributed by atoms with E-state index in [1.807, 2.05) is 48.5 Å². The number of nitrogens with one attached hydrogen (secondary N) is 1. The number of thioether (sulfide) groups is 1. The molecule has 1 N–H and O–H groups in total. The van der Waals surface area contributed by atoms with Crippen molar-refractivity contribution in [2.75, 3.05) is 19.1 Å². The third-order valence-electron chi connectivity index (χ3n) is 6.77. The molecule has 2 aromatic carbocycles. The van der Waals surface area contributed by atoms with Gasteiger partial charge in [-0.25, -0.2) is 0 Å². The van der Waals surface area contributed by atoms with Crippen LogP contribution in [-0.2, 0) is 4.79 Å². The number of hydrogen-bond acceptors (Lipinski definition) is 4. The molecule has 6 heteroatoms. The highest BCUT2D eigenvalue weighted by Crippen LogP contribution is 2.42. The first-order valence-electron chi connectivity index (χ1n) is 11.1. The van der Waals surface area contributed by atoms with Crippen LogP contribution in [-0.4, -0.2) is 32.0 Å². The Morgan fingerprint density at radius 1 is 1.19 bits per heavy atom. The van der Waals surface area contributed by atoms with Crippen molar-refractivity contribution in [1.29, 1.82) is 0 Å². The minimum atomic E-state index is -0.0966. The van der Waals surface area contributed by atoms with Crippen LogP contribution in [0.2, 0.25) is 0 Å². The highest BCUT2D eigenvalue weighted by atomic mass is 32.2. The van der Waals surface area contributed by atoms with Crippen molar-refractivity contribution < 1.29 is 14.3 Å². The number of para-hydroxylation sites is 1. The van der Waals surface area contributed by atoms with Gasteiger partial charge in [0.15, 0.2) is 0 Å². The van der Waals surface area contributed by atoms with E-state index in [0.717, 1.165) is 34.7 Å². The van der Waals surface area contributed by atoms with Gasteiger partial charge in [0.2, 0.25) is 0 Å². The Kier molecular flexibility index (Phi) is 6.60. The average molecular weight is 451 g/mol. The average Bonchev–Trinajstić information content (AvgIpc) is 2.80. The van der Waals surface area contributed by atoms with Gasteiger partial charge in [-0.3, -0.25) is 9.59 Å². The summed E-state index contributed by atoms with van der Waals surface area (Å²) < 4.78 is 5.41. The fraction of sp³-hybridized carbons (Fsp3) is 0.385. The summed E-state index contributed by atoms with van der Waals surface area (Å²) >= 11 is 1.42. The van der Waals surface area contributed by atoms with Gasteiger partial charge < -0.3 is 15.0 Å². The Morgan fingerprint density at radius 3 is 2.75 bits per heavy atom. The molecule has 2 aliphatic rings. The lowest BCUT2D eigenvalue weighted by Crippen LogP contribution is -2.43. The number of methoxy groups -OCH3 is 1. The van der Waals surface area contributed by atoms with Crippen LogP contribution in [0.1, 0.15) is 49.0 Å². The van der Waals surface area contributed by atoms with E-state index < -0.39 is 0 Å². The van der Waals surface area contributed by atoms with E-state index in [4.69, 9.17) is 4.74 Å². The van der Waals surface area contributed by atoms with Crippen LogP contribution in [0.15, 0.2) is 52.3 Å². The number of nitrogens with zero attached hydrogens (tertiary/aromatic N) is 1. The minimum Gasteiger partial charge on any atom is -0.496 e. The molecular formula is C26H30N2O3S. The number of fused-ring (bicyclic) bond motifs is 1. The van der Waals surface area contributed by atoms with Gasteiger partial charge in [-0.15, -0.1) is 0 Å². The molecule has 2 amide bonds. The van der Waals surface area contributed by atoms with Gasteiger partial charge in [0, 0.05) is 29.1 Å². The van der Waals surface area contributed by atoms with Crippen LogP contribution >= 0.6 is 11.8 Å². The molecule has 5 nitrogen and oxygen atoms in total. The fourth-order valence-electron chi connectivity index (χ4n) is 4.50. The molecule has 168 valence electrons. The largest absolute Gasteiger partial charge is 0.496 e. The third kappa shape index (κ3) is 4.42. The standard InChI is InChI=1S/C26H30N2O3S/c1-16-8-7-10-20(17(16)2)27-25(29)19-12-13-23-21(14-19)28(3)26(30)24(32-23)15-18-9-5-6-11-22(18)31-4/h5-6,9,11-17,20H,7-8,10H2,1-4H3,(H,27,29). The van der Waals surface area contributed by atoms with Crippen LogP contribution in [0.25, 0.3) is 6.08 Å². The van der Waals surface area contributed by atoms with Crippen molar-refractivity contribution >= 4 is 35.3 Å². The van der Waals surface area contributed by atoms with Crippen molar-refractivity contribution in [3.8, 4) is 5.75 Å². The lowest BCUT2D eigenvalue weighted by molar-refractivity contribution is -0.114. The monoisotopic (exact) mass is 450 g/mol. The Balaban J connectivity index is 1.56. The number of carbonyl (C=O) groups is 2. The SMILES string of the molecule is COc1ccccc1C=C1Sc2ccc(C(=O)NC3CCCC(C)C3C)cc2N(C)C1=O. The molecule has 32 heavy (non-hydrogen) atoms. The molecule has 1 aliphatic carbocycles. The van der Waals surface area contributed by atoms with E-state index in [1.165, 1.54) is 18.2 Å². The van der Waals surface area contributed by atoms with Crippen LogP contribution in [0.5, 0.6) is 5.75 Å². The second-order valence-electron chi connectivity index (χ2n) is 8.75. The molecule has 1 fully saturated rings. The summed E-state index contributed by atoms with van der Waals surface area (Å²) in [6.07, 6.45) is 5.25. The van der Waals surface area contributed by atoms with Crippen molar-refractivity contribution in [1.82, 2.24) is 5.32 Å². The maximum Gasteiger partial charge on any atom is 0.264 e. The van der Waals surface area contributed by atoms with E-state index in [1.54, 1.807) is 19.1 Å². The van der Waals surface area contributed by atoms with Crippen molar-refractivity contribution in [2.45, 2.75) is 44.0 Å². The van der Waals surface area contributed by atoms with Crippen LogP contribution < -0.4 is 15.0 Å². The van der Waals surface area contributed by atoms with Gasteiger partial charge in [0.05, 0.1) is 17.7 Å². The Labute approximate surface area is 194 Å². The van der Waals surface area contributed by atoms with E-state index >= 15 is 0 Å². The quantitative estimate of drug-likeness (QED) is 0.637. The maximum absolute atomic E-state index is 13.1. The molecule has 3 atom stereocenters. The molecule has 1 aliphatic heterocycles. The summed E-state index contributed by atoms with van der Waals surface area (Å²) in [5.41, 5.74) is 2.20. The topological polar surface area (TPSA) is 58.6 Å². The number of rotatable bonds is 4. The summed E-state index contributed by atoms with van der Waals surface area (Å²) in [6.45, 7) is 4.48. The van der Waals surface area contributed by atoms with Crippen molar-refractivity contribution in [3.63, 3.8) is 0 Å². The van der Waals surface area contributed by atoms with Gasteiger partial charge in [-0.1, -0.05) is 56.7 Å². The number of carbonyl (C=O) groups excluding carboxylic acids is 2. The summed E-state index contributed by atoms with van der Waals surface area (Å²) in [7, 11) is 3.37. The Bertz CT molecular complexity index is 1060. The number of amides is 2. The Morgan fingerprint density at radius 2 is 1.97 bits per heavy atom. The molecule has 2 aromatic rings. The first kappa shape index (κ1) is 22.5. The fourth-order valence-corrected chi connectivity index (χ4v) is 5.58. The van der Waals surface area contributed by atoms with E-state index in [0.29, 0.717) is 22.3 Å². The molecule has 1 saturated carbocycles. The maximum atomic E-state index is 13.1. The van der Waals surface area contributed by atoms with Crippen LogP contribution in [0.3, 0.4) is 0 Å². The number of hydrogen-bond donors (Lipinski definition) is 1. The molecule has 1 heterocycles. The Hall–Kier alpha value is -2.73. The molecule has 3 unspecified atom stereocenters. The number of benzene rings is 2. The van der Waals surface area contributed by atoms with Gasteiger partial charge in [0.1, 0.15) is 5.75 Å². The number of anilines is 1. The van der Waals surface area contributed by atoms with E-state index in [2.05, 4.69) is 19.2 Å². The molecular weight excluding hydrogens is 420 g/mol. The first-order valence-corrected chi connectivity index (χ1v) is 12.0. The summed E-state index contributed by atoms with van der Waals surface area (Å²) in [5, 5.41) is 3.23. The molecule has 0 saturated heterocycles. The van der Waals surface area contributed by atoms with Gasteiger partial charge in [-0.2, -0.15) is 0 Å². The van der Waals surface area contributed by atoms with Crippen molar-refractivity contribution in [3.05, 3.63) is 58.5 Å². The minimum absolute atomic E-state index is 0.0695. The summed E-state index contributed by atoms with van der Waals surface area (Å²) in [5.74, 6) is 1.64. The summed E-state index contributed by atoms with van der Waals surface area (Å²) in [6, 6.07) is 13.4. The summed E-state index contributed by atoms with van der Waals surface area (Å²) in [4.78, 5) is 29.2. The number of ether oxygens (including phenoxy) is 1. The zero-order chi connectivity index (χ0) is 22.8. The van der Waals surface area contributed by atoms with Crippen LogP contribution in [0.4, 0.5) is 5.69 Å². The van der Waals surface area contributed by atoms with E-state index in [-0.39, 0.29) is 17.9 Å². The van der Waals surface area contributed by atoms with E-state index in [9.17, 15) is 9.59 Å². The third-order valence-corrected chi connectivity index (χ3v) is 7.84. The highest BCUT2D eigenvalue weighted by Gasteiger charge is 2.30. The molecule has 0 bridgehead atoms. The molecule has 0 spiro atoms. The molecule has 4 rings (SSSR count). The lowest BCUT2D eigenvalue weighted by atomic mass is 9.78. The molecule has 0 aromatic heterocycles. The lowest BCUT2D eigenvalue weighted by Gasteiger charge is -2.34. The highest BCUT2D eigenvalue weighted by molar-refractivity contribution is 8.04.